The molecule has 5 heteroatoms. The molecule has 108 valence electrons. The van der Waals surface area contributed by atoms with E-state index in [2.05, 4.69) is 21.8 Å². The molecule has 3 rings (SSSR count). The van der Waals surface area contributed by atoms with Gasteiger partial charge in [-0.05, 0) is 18.6 Å². The molecular weight excluding hydrogens is 257 g/mol. The van der Waals surface area contributed by atoms with E-state index < -0.39 is 0 Å². The summed E-state index contributed by atoms with van der Waals surface area (Å²) in [6, 6.07) is 5.15. The topological polar surface area (TPSA) is 39.1 Å². The molecule has 2 aromatic rings. The van der Waals surface area contributed by atoms with E-state index in [9.17, 15) is 4.39 Å². The molecule has 2 heterocycles. The molecular formula is C15H20FN3O. The normalized spacial score (nSPS) is 19.6. The fourth-order valence-corrected chi connectivity index (χ4v) is 2.74. The molecule has 1 unspecified atom stereocenters. The first-order chi connectivity index (χ1) is 9.79. The Hall–Kier alpha value is -1.46. The van der Waals surface area contributed by atoms with E-state index in [1.54, 1.807) is 6.07 Å². The van der Waals surface area contributed by atoms with E-state index >= 15 is 0 Å². The van der Waals surface area contributed by atoms with Crippen LogP contribution in [-0.2, 0) is 17.7 Å². The number of benzene rings is 1. The first-order valence-corrected chi connectivity index (χ1v) is 7.25. The Balaban J connectivity index is 1.95. The van der Waals surface area contributed by atoms with Crippen LogP contribution < -0.4 is 5.32 Å². The maximum atomic E-state index is 13.9. The van der Waals surface area contributed by atoms with E-state index in [1.165, 1.54) is 6.07 Å². The van der Waals surface area contributed by atoms with Crippen LogP contribution in [0.4, 0.5) is 4.39 Å². The van der Waals surface area contributed by atoms with Crippen molar-refractivity contribution in [3.8, 4) is 0 Å². The fraction of sp³-hybridized carbons (Fsp3) is 0.533. The third-order valence-electron chi connectivity index (χ3n) is 3.67. The van der Waals surface area contributed by atoms with Gasteiger partial charge >= 0.3 is 0 Å². The van der Waals surface area contributed by atoms with Gasteiger partial charge in [0.2, 0.25) is 0 Å². The van der Waals surface area contributed by atoms with E-state index in [0.29, 0.717) is 5.52 Å². The summed E-state index contributed by atoms with van der Waals surface area (Å²) in [5.74, 6) is 0.668. The Morgan fingerprint density at radius 3 is 3.15 bits per heavy atom. The highest BCUT2D eigenvalue weighted by atomic mass is 19.1. The van der Waals surface area contributed by atoms with Crippen LogP contribution in [0.25, 0.3) is 11.0 Å². The molecule has 1 fully saturated rings. The van der Waals surface area contributed by atoms with Crippen molar-refractivity contribution in [2.75, 3.05) is 19.7 Å². The summed E-state index contributed by atoms with van der Waals surface area (Å²) in [4.78, 5) is 4.51. The monoisotopic (exact) mass is 277 g/mol. The number of para-hydroxylation sites is 1. The predicted octanol–water partition coefficient (Wildman–Crippen LogP) is 2.12. The third kappa shape index (κ3) is 2.55. The van der Waals surface area contributed by atoms with Crippen LogP contribution in [-0.4, -0.2) is 35.4 Å². The van der Waals surface area contributed by atoms with Gasteiger partial charge in [0.05, 0.1) is 18.2 Å². The second kappa shape index (κ2) is 5.89. The smallest absolute Gasteiger partial charge is 0.151 e. The van der Waals surface area contributed by atoms with Gasteiger partial charge in [0.1, 0.15) is 11.3 Å². The SMILES string of the molecule is CCCn1c(CC2CNCCO2)nc2c(F)cccc21. The van der Waals surface area contributed by atoms with Crippen LogP contribution in [0.15, 0.2) is 18.2 Å². The molecule has 0 aliphatic carbocycles. The van der Waals surface area contributed by atoms with Crippen LogP contribution in [0.2, 0.25) is 0 Å². The van der Waals surface area contributed by atoms with Crippen LogP contribution in [0.3, 0.4) is 0 Å². The quantitative estimate of drug-likeness (QED) is 0.930. The number of aromatic nitrogens is 2. The van der Waals surface area contributed by atoms with Crippen molar-refractivity contribution in [3.05, 3.63) is 29.8 Å². The number of fused-ring (bicyclic) bond motifs is 1. The lowest BCUT2D eigenvalue weighted by molar-refractivity contribution is 0.0276. The highest BCUT2D eigenvalue weighted by Crippen LogP contribution is 2.21. The van der Waals surface area contributed by atoms with Crippen LogP contribution in [0.1, 0.15) is 19.2 Å². The average molecular weight is 277 g/mol. The van der Waals surface area contributed by atoms with E-state index in [1.807, 2.05) is 6.07 Å². The zero-order chi connectivity index (χ0) is 13.9. The van der Waals surface area contributed by atoms with Crippen LogP contribution in [0.5, 0.6) is 0 Å². The Morgan fingerprint density at radius 1 is 1.50 bits per heavy atom. The lowest BCUT2D eigenvalue weighted by atomic mass is 10.2. The van der Waals surface area contributed by atoms with Crippen molar-refractivity contribution in [3.63, 3.8) is 0 Å². The molecule has 0 spiro atoms. The summed E-state index contributed by atoms with van der Waals surface area (Å²) < 4.78 is 21.7. The molecule has 20 heavy (non-hydrogen) atoms. The van der Waals surface area contributed by atoms with Gasteiger partial charge in [-0.25, -0.2) is 9.37 Å². The van der Waals surface area contributed by atoms with E-state index in [4.69, 9.17) is 4.74 Å². The Kier molecular flexibility index (Phi) is 3.98. The summed E-state index contributed by atoms with van der Waals surface area (Å²) in [5, 5.41) is 3.32. The Labute approximate surface area is 117 Å². The molecule has 1 aromatic carbocycles. The number of aryl methyl sites for hydroxylation is 1. The summed E-state index contributed by atoms with van der Waals surface area (Å²) in [6.45, 7) is 5.43. The lowest BCUT2D eigenvalue weighted by Gasteiger charge is -2.23. The summed E-state index contributed by atoms with van der Waals surface area (Å²) in [5.41, 5.74) is 1.35. The number of nitrogens with zero attached hydrogens (tertiary/aromatic N) is 2. The maximum Gasteiger partial charge on any atom is 0.151 e. The van der Waals surface area contributed by atoms with Crippen molar-refractivity contribution in [2.45, 2.75) is 32.4 Å². The van der Waals surface area contributed by atoms with Crippen molar-refractivity contribution in [1.82, 2.24) is 14.9 Å². The molecule has 1 aliphatic heterocycles. The van der Waals surface area contributed by atoms with Gasteiger partial charge in [-0.2, -0.15) is 0 Å². The maximum absolute atomic E-state index is 13.9. The molecule has 0 bridgehead atoms. The van der Waals surface area contributed by atoms with Crippen molar-refractivity contribution in [2.24, 2.45) is 0 Å². The number of halogens is 1. The molecule has 1 aliphatic rings. The molecule has 1 aromatic heterocycles. The predicted molar refractivity (Wildman–Crippen MR) is 76.3 cm³/mol. The largest absolute Gasteiger partial charge is 0.375 e. The minimum Gasteiger partial charge on any atom is -0.375 e. The zero-order valence-corrected chi connectivity index (χ0v) is 11.7. The van der Waals surface area contributed by atoms with Crippen molar-refractivity contribution >= 4 is 11.0 Å². The molecule has 1 atom stereocenters. The number of rotatable bonds is 4. The van der Waals surface area contributed by atoms with Crippen LogP contribution in [0, 0.1) is 5.82 Å². The number of nitrogens with one attached hydrogen (secondary N) is 1. The third-order valence-corrected chi connectivity index (χ3v) is 3.67. The summed E-state index contributed by atoms with van der Waals surface area (Å²) in [6.07, 6.45) is 1.85. The zero-order valence-electron chi connectivity index (χ0n) is 11.7. The molecule has 4 nitrogen and oxygen atoms in total. The molecule has 0 amide bonds. The van der Waals surface area contributed by atoms with Gasteiger partial charge < -0.3 is 14.6 Å². The fourth-order valence-electron chi connectivity index (χ4n) is 2.74. The second-order valence-electron chi connectivity index (χ2n) is 5.19. The Bertz CT molecular complexity index is 590. The van der Waals surface area contributed by atoms with Gasteiger partial charge in [-0.3, -0.25) is 0 Å². The number of imidazole rings is 1. The van der Waals surface area contributed by atoms with Gasteiger partial charge in [-0.15, -0.1) is 0 Å². The molecule has 1 N–H and O–H groups in total. The average Bonchev–Trinajstić information content (AvgIpc) is 2.80. The highest BCUT2D eigenvalue weighted by Gasteiger charge is 2.19. The summed E-state index contributed by atoms with van der Waals surface area (Å²) in [7, 11) is 0. The van der Waals surface area contributed by atoms with Crippen LogP contribution >= 0.6 is 0 Å². The first-order valence-electron chi connectivity index (χ1n) is 7.25. The summed E-state index contributed by atoms with van der Waals surface area (Å²) >= 11 is 0. The van der Waals surface area contributed by atoms with E-state index in [0.717, 1.165) is 50.4 Å². The van der Waals surface area contributed by atoms with Gasteiger partial charge in [-0.1, -0.05) is 13.0 Å². The Morgan fingerprint density at radius 2 is 2.40 bits per heavy atom. The van der Waals surface area contributed by atoms with Crippen molar-refractivity contribution in [1.29, 1.82) is 0 Å². The standard InChI is InChI=1S/C15H20FN3O/c1-2-7-19-13-5-3-4-12(16)15(13)18-14(19)9-11-10-17-6-8-20-11/h3-5,11,17H,2,6-10H2,1H3. The first kappa shape index (κ1) is 13.5. The van der Waals surface area contributed by atoms with Gasteiger partial charge in [0.15, 0.2) is 5.82 Å². The molecule has 1 saturated heterocycles. The highest BCUT2D eigenvalue weighted by molar-refractivity contribution is 5.76. The number of hydrogen-bond acceptors (Lipinski definition) is 3. The van der Waals surface area contributed by atoms with E-state index in [-0.39, 0.29) is 11.9 Å². The minimum absolute atomic E-state index is 0.124. The minimum atomic E-state index is -0.249. The number of ether oxygens (including phenoxy) is 1. The molecule has 0 radical (unpaired) electrons. The second-order valence-corrected chi connectivity index (χ2v) is 5.19. The lowest BCUT2D eigenvalue weighted by Crippen LogP contribution is -2.40. The molecule has 0 saturated carbocycles. The van der Waals surface area contributed by atoms with Gasteiger partial charge in [0.25, 0.3) is 0 Å². The van der Waals surface area contributed by atoms with Crippen molar-refractivity contribution < 1.29 is 9.13 Å². The number of morpholine rings is 1. The van der Waals surface area contributed by atoms with Gasteiger partial charge in [0, 0.05) is 26.1 Å². The number of hydrogen-bond donors (Lipinski definition) is 1.